The van der Waals surface area contributed by atoms with E-state index in [9.17, 15) is 0 Å². The first-order chi connectivity index (χ1) is 9.29. The van der Waals surface area contributed by atoms with Gasteiger partial charge in [0, 0.05) is 0 Å². The highest BCUT2D eigenvalue weighted by Crippen LogP contribution is 2.28. The highest BCUT2D eigenvalue weighted by molar-refractivity contribution is 7.59. The van der Waals surface area contributed by atoms with Gasteiger partial charge in [-0.15, -0.1) is 0 Å². The number of fused-ring (bicyclic) bond motifs is 1. The number of nitrogens with two attached hydrogens (primary N) is 1. The van der Waals surface area contributed by atoms with Crippen LogP contribution in [0.25, 0.3) is 0 Å². The summed E-state index contributed by atoms with van der Waals surface area (Å²) in [5.41, 5.74) is 5.77. The molecule has 0 saturated carbocycles. The largest absolute Gasteiger partial charge is 0.394 e. The molecular formula is C12H23N5O2S. The molecule has 3 aliphatic heterocycles. The number of rotatable bonds is 2. The first-order valence-electron chi connectivity index (χ1n) is 6.71. The molecule has 114 valence electrons. The van der Waals surface area contributed by atoms with E-state index >= 15 is 0 Å². The van der Waals surface area contributed by atoms with Crippen LogP contribution >= 0.6 is 13.5 Å². The van der Waals surface area contributed by atoms with Gasteiger partial charge in [0.1, 0.15) is 24.4 Å². The number of hydrogen-bond donors (Lipinski definition) is 2. The molecule has 0 radical (unpaired) electrons. The zero-order valence-corrected chi connectivity index (χ0v) is 12.8. The molecule has 0 aromatic rings. The van der Waals surface area contributed by atoms with Gasteiger partial charge in [0.25, 0.3) is 0 Å². The van der Waals surface area contributed by atoms with Crippen molar-refractivity contribution >= 4 is 32.0 Å². The fraction of sp³-hybridized carbons (Fsp3) is 0.750. The lowest BCUT2D eigenvalue weighted by Gasteiger charge is -2.30. The van der Waals surface area contributed by atoms with Crippen LogP contribution < -0.4 is 5.73 Å². The first kappa shape index (κ1) is 16.9. The predicted octanol–water partition coefficient (Wildman–Crippen LogP) is 0.0605. The third-order valence-corrected chi connectivity index (χ3v) is 3.30. The molecular weight excluding hydrogens is 278 g/mol. The standard InChI is InChI=1S/C10H15N5O2.C2H6.H2S/c11-9-8-10(13-4-12-9)15(5-14-8)7-2-1-6(3-16)17-7;1-2;/h4-8,10,16H,1-3H2,(H2,11,12,13);1-2H3;1H2. The van der Waals surface area contributed by atoms with Crippen LogP contribution in [0.5, 0.6) is 0 Å². The molecule has 0 aromatic heterocycles. The van der Waals surface area contributed by atoms with Crippen molar-refractivity contribution in [2.45, 2.75) is 51.2 Å². The van der Waals surface area contributed by atoms with Crippen molar-refractivity contribution in [1.82, 2.24) is 4.90 Å². The van der Waals surface area contributed by atoms with Crippen molar-refractivity contribution in [3.63, 3.8) is 0 Å². The Bertz CT molecular complexity index is 401. The highest BCUT2D eigenvalue weighted by atomic mass is 32.1. The summed E-state index contributed by atoms with van der Waals surface area (Å²) in [5, 5.41) is 9.06. The summed E-state index contributed by atoms with van der Waals surface area (Å²) in [4.78, 5) is 14.5. The molecule has 1 fully saturated rings. The van der Waals surface area contributed by atoms with Crippen molar-refractivity contribution < 1.29 is 9.84 Å². The minimum absolute atomic E-state index is 0. The second kappa shape index (κ2) is 7.61. The molecule has 7 nitrogen and oxygen atoms in total. The maximum absolute atomic E-state index is 9.06. The molecule has 8 heteroatoms. The molecule has 4 unspecified atom stereocenters. The lowest BCUT2D eigenvalue weighted by Crippen LogP contribution is -2.47. The maximum Gasteiger partial charge on any atom is 0.155 e. The van der Waals surface area contributed by atoms with Crippen molar-refractivity contribution in [1.29, 1.82) is 0 Å². The number of aliphatic hydroxyl groups excluding tert-OH is 1. The fourth-order valence-corrected chi connectivity index (χ4v) is 2.37. The Morgan fingerprint density at radius 1 is 1.40 bits per heavy atom. The molecule has 3 heterocycles. The quantitative estimate of drug-likeness (QED) is 0.754. The molecule has 0 amide bonds. The van der Waals surface area contributed by atoms with E-state index in [1.165, 1.54) is 6.34 Å². The molecule has 0 aliphatic carbocycles. The third-order valence-electron chi connectivity index (χ3n) is 3.30. The van der Waals surface area contributed by atoms with Crippen LogP contribution in [-0.2, 0) is 4.74 Å². The first-order valence-corrected chi connectivity index (χ1v) is 6.71. The molecule has 0 aromatic carbocycles. The van der Waals surface area contributed by atoms with Gasteiger partial charge in [0.05, 0.1) is 19.0 Å². The Hall–Kier alpha value is -1.12. The minimum atomic E-state index is -0.197. The number of ether oxygens (including phenoxy) is 1. The van der Waals surface area contributed by atoms with Gasteiger partial charge in [-0.1, -0.05) is 13.8 Å². The lowest BCUT2D eigenvalue weighted by molar-refractivity contribution is -0.0485. The van der Waals surface area contributed by atoms with Crippen LogP contribution in [0.3, 0.4) is 0 Å². The maximum atomic E-state index is 9.06. The molecule has 3 N–H and O–H groups in total. The van der Waals surface area contributed by atoms with Crippen LogP contribution in [-0.4, -0.2) is 59.7 Å². The van der Waals surface area contributed by atoms with Crippen molar-refractivity contribution in [2.75, 3.05) is 6.61 Å². The summed E-state index contributed by atoms with van der Waals surface area (Å²) in [5.74, 6) is 0.487. The van der Waals surface area contributed by atoms with Crippen molar-refractivity contribution in [3.05, 3.63) is 0 Å². The van der Waals surface area contributed by atoms with E-state index in [1.54, 1.807) is 6.34 Å². The van der Waals surface area contributed by atoms with Gasteiger partial charge in [-0.3, -0.25) is 4.99 Å². The van der Waals surface area contributed by atoms with Crippen LogP contribution in [0, 0.1) is 0 Å². The van der Waals surface area contributed by atoms with Crippen molar-refractivity contribution in [2.24, 2.45) is 20.7 Å². The third kappa shape index (κ3) is 3.13. The Kier molecular flexibility index (Phi) is 6.44. The Balaban J connectivity index is 0.000000639. The van der Waals surface area contributed by atoms with Crippen LogP contribution in [0.1, 0.15) is 26.7 Å². The van der Waals surface area contributed by atoms with E-state index in [0.717, 1.165) is 12.8 Å². The van der Waals surface area contributed by atoms with E-state index in [4.69, 9.17) is 15.6 Å². The number of amidine groups is 1. The topological polar surface area (TPSA) is 95.8 Å². The number of nitrogens with zero attached hydrogens (tertiary/aromatic N) is 4. The van der Waals surface area contributed by atoms with Gasteiger partial charge in [-0.2, -0.15) is 13.5 Å². The van der Waals surface area contributed by atoms with Crippen LogP contribution in [0.15, 0.2) is 15.0 Å². The second-order valence-electron chi connectivity index (χ2n) is 4.36. The summed E-state index contributed by atoms with van der Waals surface area (Å²) < 4.78 is 5.71. The zero-order valence-electron chi connectivity index (χ0n) is 11.8. The average Bonchev–Trinajstić information content (AvgIpc) is 3.07. The van der Waals surface area contributed by atoms with Gasteiger partial charge in [0.15, 0.2) is 6.17 Å². The van der Waals surface area contributed by atoms with E-state index in [2.05, 4.69) is 15.0 Å². The summed E-state index contributed by atoms with van der Waals surface area (Å²) in [6, 6.07) is -0.197. The Morgan fingerprint density at radius 2 is 2.15 bits per heavy atom. The van der Waals surface area contributed by atoms with Gasteiger partial charge in [-0.25, -0.2) is 9.98 Å². The molecule has 1 saturated heterocycles. The molecule has 0 spiro atoms. The molecule has 0 bridgehead atoms. The van der Waals surface area contributed by atoms with Gasteiger partial charge in [-0.05, 0) is 12.8 Å². The number of hydrogen-bond acceptors (Lipinski definition) is 7. The summed E-state index contributed by atoms with van der Waals surface area (Å²) >= 11 is 0. The number of aliphatic imine (C=N–C) groups is 3. The zero-order chi connectivity index (χ0) is 13.8. The highest BCUT2D eigenvalue weighted by Gasteiger charge is 2.40. The summed E-state index contributed by atoms with van der Waals surface area (Å²) in [7, 11) is 0. The molecule has 3 rings (SSSR count). The van der Waals surface area contributed by atoms with E-state index in [1.807, 2.05) is 18.7 Å². The minimum Gasteiger partial charge on any atom is -0.394 e. The average molecular weight is 301 g/mol. The van der Waals surface area contributed by atoms with E-state index in [0.29, 0.717) is 5.84 Å². The Morgan fingerprint density at radius 3 is 2.80 bits per heavy atom. The van der Waals surface area contributed by atoms with Crippen LogP contribution in [0.4, 0.5) is 0 Å². The van der Waals surface area contributed by atoms with E-state index in [-0.39, 0.29) is 44.6 Å². The molecule has 4 atom stereocenters. The van der Waals surface area contributed by atoms with E-state index < -0.39 is 0 Å². The monoisotopic (exact) mass is 301 g/mol. The smallest absolute Gasteiger partial charge is 0.155 e. The summed E-state index contributed by atoms with van der Waals surface area (Å²) in [6.45, 7) is 4.06. The second-order valence-corrected chi connectivity index (χ2v) is 4.36. The predicted molar refractivity (Wildman–Crippen MR) is 84.7 cm³/mol. The lowest BCUT2D eigenvalue weighted by atomic mass is 10.2. The molecule has 3 aliphatic rings. The van der Waals surface area contributed by atoms with Gasteiger partial charge < -0.3 is 20.5 Å². The van der Waals surface area contributed by atoms with Gasteiger partial charge >= 0.3 is 0 Å². The normalized spacial score (nSPS) is 34.0. The Labute approximate surface area is 126 Å². The fourth-order valence-electron chi connectivity index (χ4n) is 2.37. The SMILES string of the molecule is CC.NC1=NC=NC2C1N=CN2C1CCC(CO)O1.S. The van der Waals surface area contributed by atoms with Crippen LogP contribution in [0.2, 0.25) is 0 Å². The molecule has 20 heavy (non-hydrogen) atoms. The number of aliphatic hydroxyl groups is 1. The summed E-state index contributed by atoms with van der Waals surface area (Å²) in [6.07, 6.45) is 4.62. The van der Waals surface area contributed by atoms with Crippen molar-refractivity contribution in [3.8, 4) is 0 Å². The van der Waals surface area contributed by atoms with Gasteiger partial charge in [0.2, 0.25) is 0 Å².